The van der Waals surface area contributed by atoms with Crippen molar-refractivity contribution in [1.82, 2.24) is 0 Å². The van der Waals surface area contributed by atoms with Gasteiger partial charge in [-0.05, 0) is 12.1 Å². The van der Waals surface area contributed by atoms with E-state index in [1.807, 2.05) is 0 Å². The van der Waals surface area contributed by atoms with Gasteiger partial charge in [0.2, 0.25) is 0 Å². The molecule has 0 aliphatic heterocycles. The van der Waals surface area contributed by atoms with Crippen LogP contribution in [0.25, 0.3) is 5.70 Å². The molecule has 0 saturated carbocycles. The number of nitrogens with two attached hydrogens (primary N) is 2. The van der Waals surface area contributed by atoms with Crippen molar-refractivity contribution < 1.29 is 13.9 Å². The zero-order valence-corrected chi connectivity index (χ0v) is 15.0. The predicted molar refractivity (Wildman–Crippen MR) is 99.8 cm³/mol. The van der Waals surface area contributed by atoms with Gasteiger partial charge in [0.15, 0.2) is 11.5 Å². The van der Waals surface area contributed by atoms with Gasteiger partial charge in [-0.2, -0.15) is 0 Å². The van der Waals surface area contributed by atoms with Gasteiger partial charge in [-0.3, -0.25) is 0 Å². The summed E-state index contributed by atoms with van der Waals surface area (Å²) in [6, 6.07) is 2.92. The van der Waals surface area contributed by atoms with Crippen LogP contribution in [0.3, 0.4) is 0 Å². The van der Waals surface area contributed by atoms with Crippen LogP contribution in [0.4, 0.5) is 10.1 Å². The molecule has 0 fully saturated rings. The van der Waals surface area contributed by atoms with E-state index in [0.717, 1.165) is 0 Å². The van der Waals surface area contributed by atoms with Crippen LogP contribution in [0.5, 0.6) is 0 Å². The summed E-state index contributed by atoms with van der Waals surface area (Å²) in [5.41, 5.74) is 11.1. The van der Waals surface area contributed by atoms with E-state index in [-0.39, 0.29) is 39.1 Å². The Bertz CT molecular complexity index is 781. The van der Waals surface area contributed by atoms with Crippen LogP contribution in [-0.2, 0) is 9.53 Å². The Kier molecular flexibility index (Phi) is 6.76. The third-order valence-electron chi connectivity index (χ3n) is 3.22. The number of benzene rings is 1. The van der Waals surface area contributed by atoms with E-state index in [0.29, 0.717) is 0 Å². The summed E-state index contributed by atoms with van der Waals surface area (Å²) in [7, 11) is 4.46. The Hall–Kier alpha value is -2.80. The molecule has 25 heavy (non-hydrogen) atoms. The lowest BCUT2D eigenvalue weighted by Gasteiger charge is -2.17. The molecule has 8 heteroatoms. The van der Waals surface area contributed by atoms with Gasteiger partial charge in [0, 0.05) is 25.2 Å². The smallest absolute Gasteiger partial charge is 0.357 e. The third kappa shape index (κ3) is 4.39. The Morgan fingerprint density at radius 3 is 2.44 bits per heavy atom. The van der Waals surface area contributed by atoms with Crippen LogP contribution >= 0.6 is 11.6 Å². The van der Waals surface area contributed by atoms with Crippen LogP contribution in [0.1, 0.15) is 5.56 Å². The number of nitrogens with zero attached hydrogens (tertiary/aromatic N) is 2. The third-order valence-corrected chi connectivity index (χ3v) is 3.53. The molecule has 0 bridgehead atoms. The first-order valence-corrected chi connectivity index (χ1v) is 7.43. The number of aliphatic imine (C=N–C) groups is 1. The normalized spacial score (nSPS) is 10.8. The molecule has 4 N–H and O–H groups in total. The Morgan fingerprint density at radius 2 is 2.00 bits per heavy atom. The number of methoxy groups -OCH3 is 1. The Morgan fingerprint density at radius 1 is 1.40 bits per heavy atom. The Balaban J connectivity index is 3.54. The zero-order chi connectivity index (χ0) is 19.3. The summed E-state index contributed by atoms with van der Waals surface area (Å²) in [5.74, 6) is -1.62. The van der Waals surface area contributed by atoms with E-state index >= 15 is 0 Å². The fourth-order valence-corrected chi connectivity index (χ4v) is 2.35. The van der Waals surface area contributed by atoms with E-state index in [1.165, 1.54) is 30.2 Å². The first kappa shape index (κ1) is 20.2. The van der Waals surface area contributed by atoms with Crippen molar-refractivity contribution in [1.29, 1.82) is 0 Å². The van der Waals surface area contributed by atoms with Gasteiger partial charge in [0.1, 0.15) is 5.82 Å². The summed E-state index contributed by atoms with van der Waals surface area (Å²) in [5, 5.41) is 0.231. The van der Waals surface area contributed by atoms with Crippen molar-refractivity contribution in [3.63, 3.8) is 0 Å². The van der Waals surface area contributed by atoms with Crippen LogP contribution < -0.4 is 16.4 Å². The van der Waals surface area contributed by atoms with Gasteiger partial charge in [-0.15, -0.1) is 0 Å². The number of ether oxygens (including phenoxy) is 1. The second-order valence-corrected chi connectivity index (χ2v) is 5.53. The largest absolute Gasteiger partial charge is 0.464 e. The molecule has 0 aromatic heterocycles. The molecule has 0 radical (unpaired) electrons. The molecule has 134 valence electrons. The molecule has 0 amide bonds. The van der Waals surface area contributed by atoms with Crippen molar-refractivity contribution in [2.75, 3.05) is 26.1 Å². The molecule has 1 aromatic rings. The quantitative estimate of drug-likeness (QED) is 0.458. The standard InChI is InChI=1S/C17H20ClFN4O2/c1-6-10(16(20)21)14(17(24)25-5)22-9(2)11-7-8-12(18)15(13(11)19)23(3)4/h6-8H,1-2,20-21H2,3-5H3/b22-14+. The highest BCUT2D eigenvalue weighted by atomic mass is 35.5. The average Bonchev–Trinajstić information content (AvgIpc) is 2.53. The van der Waals surface area contributed by atoms with Gasteiger partial charge >= 0.3 is 5.97 Å². The first-order chi connectivity index (χ1) is 11.6. The van der Waals surface area contributed by atoms with Gasteiger partial charge in [-0.25, -0.2) is 14.2 Å². The molecule has 0 aliphatic rings. The second kappa shape index (κ2) is 8.34. The highest BCUT2D eigenvalue weighted by Gasteiger charge is 2.21. The van der Waals surface area contributed by atoms with Gasteiger partial charge in [0.25, 0.3) is 0 Å². The van der Waals surface area contributed by atoms with Crippen molar-refractivity contribution in [2.24, 2.45) is 16.5 Å². The highest BCUT2D eigenvalue weighted by Crippen LogP contribution is 2.33. The number of carbonyl (C=O) groups excluding carboxylic acids is 1. The van der Waals surface area contributed by atoms with Crippen LogP contribution in [0.2, 0.25) is 5.02 Å². The molecule has 0 spiro atoms. The minimum atomic E-state index is -0.813. The molecule has 0 unspecified atom stereocenters. The lowest BCUT2D eigenvalue weighted by atomic mass is 10.1. The summed E-state index contributed by atoms with van der Waals surface area (Å²) in [4.78, 5) is 17.6. The fraction of sp³-hybridized carbons (Fsp3) is 0.176. The summed E-state index contributed by atoms with van der Waals surface area (Å²) < 4.78 is 19.4. The van der Waals surface area contributed by atoms with Crippen LogP contribution in [0, 0.1) is 5.82 Å². The summed E-state index contributed by atoms with van der Waals surface area (Å²) >= 11 is 6.02. The fourth-order valence-electron chi connectivity index (χ4n) is 2.03. The monoisotopic (exact) mass is 366 g/mol. The van der Waals surface area contributed by atoms with E-state index in [2.05, 4.69) is 22.9 Å². The number of allylic oxidation sites excluding steroid dienone is 1. The minimum Gasteiger partial charge on any atom is -0.464 e. The summed E-state index contributed by atoms with van der Waals surface area (Å²) in [6.07, 6.45) is 1.25. The van der Waals surface area contributed by atoms with Gasteiger partial charge in [0.05, 0.1) is 23.5 Å². The first-order valence-electron chi connectivity index (χ1n) is 7.05. The molecule has 1 aromatic carbocycles. The number of carbonyl (C=O) groups is 1. The molecule has 0 heterocycles. The van der Waals surface area contributed by atoms with E-state index in [4.69, 9.17) is 23.1 Å². The van der Waals surface area contributed by atoms with E-state index in [1.54, 1.807) is 14.1 Å². The lowest BCUT2D eigenvalue weighted by molar-refractivity contribution is -0.132. The number of hydrogen-bond acceptors (Lipinski definition) is 6. The molecule has 6 nitrogen and oxygen atoms in total. The number of halogens is 2. The van der Waals surface area contributed by atoms with Crippen LogP contribution in [-0.4, -0.2) is 32.9 Å². The van der Waals surface area contributed by atoms with E-state index in [9.17, 15) is 9.18 Å². The second-order valence-electron chi connectivity index (χ2n) is 5.12. The number of esters is 1. The Labute approximate surface area is 150 Å². The molecule has 0 atom stereocenters. The zero-order valence-electron chi connectivity index (χ0n) is 14.3. The van der Waals surface area contributed by atoms with Crippen molar-refractivity contribution in [3.05, 3.63) is 59.2 Å². The maximum atomic E-state index is 14.8. The maximum Gasteiger partial charge on any atom is 0.357 e. The maximum absolute atomic E-state index is 14.8. The molecular formula is C17H20ClFN4O2. The molecule has 1 rings (SSSR count). The minimum absolute atomic E-state index is 0.0294. The SMILES string of the molecule is C=CC(=C(N)N)/C(=N\C(=C)c1ccc(Cl)c(N(C)C)c1F)C(=O)OC. The van der Waals surface area contributed by atoms with Crippen molar-refractivity contribution in [3.8, 4) is 0 Å². The number of hydrogen-bond donors (Lipinski definition) is 2. The van der Waals surface area contributed by atoms with E-state index < -0.39 is 11.8 Å². The number of anilines is 1. The number of rotatable bonds is 6. The van der Waals surface area contributed by atoms with Crippen molar-refractivity contribution >= 4 is 34.7 Å². The highest BCUT2D eigenvalue weighted by molar-refractivity contribution is 6.44. The average molecular weight is 367 g/mol. The van der Waals surface area contributed by atoms with Crippen LogP contribution in [0.15, 0.2) is 47.8 Å². The predicted octanol–water partition coefficient (Wildman–Crippen LogP) is 2.44. The van der Waals surface area contributed by atoms with Gasteiger partial charge < -0.3 is 21.1 Å². The molecular weight excluding hydrogens is 347 g/mol. The summed E-state index contributed by atoms with van der Waals surface area (Å²) in [6.45, 7) is 7.25. The van der Waals surface area contributed by atoms with Gasteiger partial charge in [-0.1, -0.05) is 30.8 Å². The lowest BCUT2D eigenvalue weighted by Crippen LogP contribution is -2.24. The molecule has 0 saturated heterocycles. The van der Waals surface area contributed by atoms with Crippen molar-refractivity contribution in [2.45, 2.75) is 0 Å². The topological polar surface area (TPSA) is 93.9 Å². The molecule has 0 aliphatic carbocycles.